The lowest BCUT2D eigenvalue weighted by Crippen LogP contribution is -2.51. The highest BCUT2D eigenvalue weighted by atomic mass is 35.5. The highest BCUT2D eigenvalue weighted by Crippen LogP contribution is 2.20. The highest BCUT2D eigenvalue weighted by Gasteiger charge is 2.27. The van der Waals surface area contributed by atoms with E-state index in [4.69, 9.17) is 0 Å². The van der Waals surface area contributed by atoms with Crippen molar-refractivity contribution in [1.29, 1.82) is 0 Å². The van der Waals surface area contributed by atoms with Crippen LogP contribution in [0.1, 0.15) is 26.2 Å². The number of piperidine rings is 1. The predicted molar refractivity (Wildman–Crippen MR) is 61.2 cm³/mol. The number of nitrogens with zero attached hydrogens (tertiary/aromatic N) is 1. The molecule has 0 aromatic heterocycles. The molecule has 0 aliphatic carbocycles. The summed E-state index contributed by atoms with van der Waals surface area (Å²) in [6, 6.07) is 1.65. The Morgan fingerprint density at radius 2 is 1.92 bits per heavy atom. The van der Waals surface area contributed by atoms with Crippen molar-refractivity contribution in [3.8, 4) is 0 Å². The largest absolute Gasteiger partial charge is 0.314 e. The van der Waals surface area contributed by atoms with Gasteiger partial charge >= 0.3 is 0 Å². The van der Waals surface area contributed by atoms with E-state index in [1.165, 1.54) is 38.9 Å². The van der Waals surface area contributed by atoms with Crippen LogP contribution in [0.3, 0.4) is 0 Å². The maximum atomic E-state index is 3.49. The van der Waals surface area contributed by atoms with Gasteiger partial charge in [0.1, 0.15) is 0 Å². The molecular weight excluding hydrogens is 207 g/mol. The lowest BCUT2D eigenvalue weighted by Gasteiger charge is -2.42. The van der Waals surface area contributed by atoms with Crippen LogP contribution in [0.25, 0.3) is 0 Å². The lowest BCUT2D eigenvalue weighted by atomic mass is 9.96. The number of nitrogens with one attached hydrogen (secondary N) is 1. The summed E-state index contributed by atoms with van der Waals surface area (Å²) in [6.07, 6.45) is 4.16. The van der Waals surface area contributed by atoms with Crippen LogP contribution < -0.4 is 5.32 Å². The van der Waals surface area contributed by atoms with Crippen molar-refractivity contribution < 1.29 is 0 Å². The predicted octanol–water partition coefficient (Wildman–Crippen LogP) is 1.68. The molecular formula is C9H20Cl2N2. The van der Waals surface area contributed by atoms with Gasteiger partial charge in [0.25, 0.3) is 0 Å². The first-order valence-electron chi connectivity index (χ1n) is 4.83. The third-order valence-corrected chi connectivity index (χ3v) is 3.00. The molecule has 2 atom stereocenters. The van der Waals surface area contributed by atoms with Crippen molar-refractivity contribution in [2.24, 2.45) is 0 Å². The summed E-state index contributed by atoms with van der Waals surface area (Å²) in [4.78, 5) is 2.64. The molecule has 0 aromatic carbocycles. The summed E-state index contributed by atoms with van der Waals surface area (Å²) < 4.78 is 0. The maximum Gasteiger partial charge on any atom is 0.0122 e. The van der Waals surface area contributed by atoms with Crippen molar-refractivity contribution in [3.05, 3.63) is 0 Å². The second-order valence-corrected chi connectivity index (χ2v) is 3.92. The van der Waals surface area contributed by atoms with E-state index in [9.17, 15) is 0 Å². The van der Waals surface area contributed by atoms with Crippen molar-refractivity contribution in [2.75, 3.05) is 19.6 Å². The fraction of sp³-hybridized carbons (Fsp3) is 1.00. The van der Waals surface area contributed by atoms with Gasteiger partial charge in [0.15, 0.2) is 0 Å². The first kappa shape index (κ1) is 13.5. The van der Waals surface area contributed by atoms with Crippen LogP contribution in [-0.4, -0.2) is 36.6 Å². The molecule has 0 spiro atoms. The Morgan fingerprint density at radius 1 is 1.23 bits per heavy atom. The van der Waals surface area contributed by atoms with Crippen molar-refractivity contribution in [2.45, 2.75) is 38.3 Å². The Morgan fingerprint density at radius 3 is 2.38 bits per heavy atom. The van der Waals surface area contributed by atoms with Gasteiger partial charge in [-0.3, -0.25) is 0 Å². The first-order chi connectivity index (χ1) is 5.36. The summed E-state index contributed by atoms with van der Waals surface area (Å²) in [5.74, 6) is 0. The second kappa shape index (κ2) is 6.07. The van der Waals surface area contributed by atoms with Crippen LogP contribution in [0, 0.1) is 0 Å². The van der Waals surface area contributed by atoms with Crippen molar-refractivity contribution >= 4 is 24.8 Å². The fourth-order valence-electron chi connectivity index (χ4n) is 2.14. The van der Waals surface area contributed by atoms with Gasteiger partial charge in [0, 0.05) is 12.1 Å². The molecule has 2 saturated heterocycles. The van der Waals surface area contributed by atoms with E-state index in [1.807, 2.05) is 0 Å². The Labute approximate surface area is 93.3 Å². The second-order valence-electron chi connectivity index (χ2n) is 3.92. The minimum absolute atomic E-state index is 0. The van der Waals surface area contributed by atoms with Crippen LogP contribution >= 0.6 is 24.8 Å². The Hall–Kier alpha value is 0.500. The van der Waals surface area contributed by atoms with Gasteiger partial charge < -0.3 is 10.2 Å². The SMILES string of the molecule is CC1CC(N2CCC2)CCN1.Cl.Cl. The van der Waals surface area contributed by atoms with E-state index in [-0.39, 0.29) is 24.8 Å². The zero-order valence-corrected chi connectivity index (χ0v) is 9.79. The van der Waals surface area contributed by atoms with Gasteiger partial charge in [-0.1, -0.05) is 0 Å². The van der Waals surface area contributed by atoms with Crippen LogP contribution in [0.5, 0.6) is 0 Å². The summed E-state index contributed by atoms with van der Waals surface area (Å²) in [5.41, 5.74) is 0. The molecule has 4 heteroatoms. The molecule has 2 aliphatic heterocycles. The Bertz CT molecular complexity index is 140. The molecule has 80 valence electrons. The average molecular weight is 227 g/mol. The number of hydrogen-bond donors (Lipinski definition) is 1. The van der Waals surface area contributed by atoms with E-state index in [0.29, 0.717) is 0 Å². The number of likely N-dealkylation sites (tertiary alicyclic amines) is 1. The molecule has 2 nitrogen and oxygen atoms in total. The minimum Gasteiger partial charge on any atom is -0.314 e. The quantitative estimate of drug-likeness (QED) is 0.733. The number of rotatable bonds is 1. The zero-order valence-electron chi connectivity index (χ0n) is 8.16. The third kappa shape index (κ3) is 3.28. The van der Waals surface area contributed by atoms with E-state index < -0.39 is 0 Å². The van der Waals surface area contributed by atoms with E-state index in [2.05, 4.69) is 17.1 Å². The molecule has 2 aliphatic rings. The minimum atomic E-state index is 0. The molecule has 2 unspecified atom stereocenters. The van der Waals surface area contributed by atoms with Gasteiger partial charge in [-0.25, -0.2) is 0 Å². The first-order valence-corrected chi connectivity index (χ1v) is 4.83. The molecule has 1 N–H and O–H groups in total. The monoisotopic (exact) mass is 226 g/mol. The summed E-state index contributed by atoms with van der Waals surface area (Å²) in [6.45, 7) is 6.24. The smallest absolute Gasteiger partial charge is 0.0122 e. The zero-order chi connectivity index (χ0) is 7.68. The van der Waals surface area contributed by atoms with Gasteiger partial charge in [-0.15, -0.1) is 24.8 Å². The molecule has 0 aromatic rings. The van der Waals surface area contributed by atoms with E-state index >= 15 is 0 Å². The summed E-state index contributed by atoms with van der Waals surface area (Å²) >= 11 is 0. The molecule has 0 saturated carbocycles. The summed E-state index contributed by atoms with van der Waals surface area (Å²) in [7, 11) is 0. The van der Waals surface area contributed by atoms with Gasteiger partial charge in [-0.2, -0.15) is 0 Å². The van der Waals surface area contributed by atoms with Crippen LogP contribution in [0.2, 0.25) is 0 Å². The Balaban J connectivity index is 0.000000720. The fourth-order valence-corrected chi connectivity index (χ4v) is 2.14. The third-order valence-electron chi connectivity index (χ3n) is 3.00. The van der Waals surface area contributed by atoms with Crippen LogP contribution in [-0.2, 0) is 0 Å². The number of hydrogen-bond acceptors (Lipinski definition) is 2. The van der Waals surface area contributed by atoms with Crippen molar-refractivity contribution in [1.82, 2.24) is 10.2 Å². The molecule has 0 radical (unpaired) electrons. The standard InChI is InChI=1S/C9H18N2.2ClH/c1-8-7-9(3-4-10-8)11-5-2-6-11;;/h8-10H,2-7H2,1H3;2*1H. The molecule has 2 fully saturated rings. The molecule has 2 heterocycles. The van der Waals surface area contributed by atoms with Crippen molar-refractivity contribution in [3.63, 3.8) is 0 Å². The highest BCUT2D eigenvalue weighted by molar-refractivity contribution is 5.85. The molecule has 13 heavy (non-hydrogen) atoms. The van der Waals surface area contributed by atoms with E-state index in [0.717, 1.165) is 12.1 Å². The summed E-state index contributed by atoms with van der Waals surface area (Å²) in [5, 5.41) is 3.49. The van der Waals surface area contributed by atoms with E-state index in [1.54, 1.807) is 0 Å². The Kier molecular flexibility index (Phi) is 6.31. The lowest BCUT2D eigenvalue weighted by molar-refractivity contribution is 0.0858. The van der Waals surface area contributed by atoms with Crippen LogP contribution in [0.4, 0.5) is 0 Å². The molecule has 0 amide bonds. The average Bonchev–Trinajstić information content (AvgIpc) is 1.83. The number of halogens is 2. The van der Waals surface area contributed by atoms with Crippen LogP contribution in [0.15, 0.2) is 0 Å². The van der Waals surface area contributed by atoms with Gasteiger partial charge in [0.2, 0.25) is 0 Å². The normalized spacial score (nSPS) is 33.9. The molecule has 0 bridgehead atoms. The molecule has 2 rings (SSSR count). The van der Waals surface area contributed by atoms with Gasteiger partial charge in [0.05, 0.1) is 0 Å². The van der Waals surface area contributed by atoms with Gasteiger partial charge in [-0.05, 0) is 45.8 Å². The topological polar surface area (TPSA) is 15.3 Å². The maximum absolute atomic E-state index is 3.49.